The van der Waals surface area contributed by atoms with Gasteiger partial charge in [0.25, 0.3) is 0 Å². The Balaban J connectivity index is 1.69. The van der Waals surface area contributed by atoms with Crippen LogP contribution >= 0.6 is 0 Å². The van der Waals surface area contributed by atoms with Gasteiger partial charge in [0.2, 0.25) is 0 Å². The summed E-state index contributed by atoms with van der Waals surface area (Å²) in [5, 5.41) is 3.05. The van der Waals surface area contributed by atoms with E-state index in [0.717, 1.165) is 45.7 Å². The summed E-state index contributed by atoms with van der Waals surface area (Å²) >= 11 is 0. The van der Waals surface area contributed by atoms with Crippen molar-refractivity contribution in [3.63, 3.8) is 0 Å². The Kier molecular flexibility index (Phi) is 4.66. The fourth-order valence-electron chi connectivity index (χ4n) is 2.69. The molecule has 0 spiro atoms. The number of urea groups is 1. The Morgan fingerprint density at radius 1 is 1.41 bits per heavy atom. The molecule has 98 valence electrons. The van der Waals surface area contributed by atoms with Gasteiger partial charge < -0.3 is 15.0 Å². The summed E-state index contributed by atoms with van der Waals surface area (Å²) in [6, 6.07) is 0.113. The first-order chi connectivity index (χ1) is 8.25. The molecule has 2 atom stereocenters. The van der Waals surface area contributed by atoms with Crippen LogP contribution in [0.25, 0.3) is 0 Å². The van der Waals surface area contributed by atoms with E-state index in [4.69, 9.17) is 4.74 Å². The monoisotopic (exact) mass is 240 g/mol. The number of ether oxygens (including phenoxy) is 1. The molecule has 0 bridgehead atoms. The van der Waals surface area contributed by atoms with Crippen LogP contribution in [0.5, 0.6) is 0 Å². The van der Waals surface area contributed by atoms with Crippen molar-refractivity contribution in [3.8, 4) is 0 Å². The summed E-state index contributed by atoms with van der Waals surface area (Å²) in [4.78, 5) is 13.9. The van der Waals surface area contributed by atoms with Crippen LogP contribution in [0.15, 0.2) is 0 Å². The minimum atomic E-state index is 0.113. The minimum Gasteiger partial charge on any atom is -0.381 e. The van der Waals surface area contributed by atoms with E-state index in [0.29, 0.717) is 11.8 Å². The van der Waals surface area contributed by atoms with Crippen molar-refractivity contribution in [3.05, 3.63) is 0 Å². The number of piperidine rings is 1. The minimum absolute atomic E-state index is 0.113. The van der Waals surface area contributed by atoms with Crippen LogP contribution in [0.4, 0.5) is 4.79 Å². The van der Waals surface area contributed by atoms with Gasteiger partial charge in [-0.1, -0.05) is 6.92 Å². The smallest absolute Gasteiger partial charge is 0.317 e. The highest BCUT2D eigenvalue weighted by molar-refractivity contribution is 5.74. The van der Waals surface area contributed by atoms with Crippen molar-refractivity contribution in [1.82, 2.24) is 10.2 Å². The molecule has 2 aliphatic rings. The third-order valence-corrected chi connectivity index (χ3v) is 3.74. The number of hydrogen-bond acceptors (Lipinski definition) is 2. The molecule has 2 aliphatic heterocycles. The standard InChI is InChI=1S/C13H24N2O2/c1-11-4-2-6-15(9-11)13(16)14-8-12-5-3-7-17-10-12/h11-12H,2-10H2,1H3,(H,14,16). The van der Waals surface area contributed by atoms with Gasteiger partial charge in [-0.25, -0.2) is 4.79 Å². The Hall–Kier alpha value is -0.770. The summed E-state index contributed by atoms with van der Waals surface area (Å²) < 4.78 is 5.41. The SMILES string of the molecule is CC1CCCN(C(=O)NCC2CCCOC2)C1. The first-order valence-corrected chi connectivity index (χ1v) is 6.86. The highest BCUT2D eigenvalue weighted by Gasteiger charge is 2.22. The van der Waals surface area contributed by atoms with E-state index in [1.165, 1.54) is 12.8 Å². The maximum absolute atomic E-state index is 12.0. The van der Waals surface area contributed by atoms with E-state index >= 15 is 0 Å². The maximum Gasteiger partial charge on any atom is 0.317 e. The summed E-state index contributed by atoms with van der Waals surface area (Å²) in [6.07, 6.45) is 4.69. The first-order valence-electron chi connectivity index (χ1n) is 6.86. The number of nitrogens with one attached hydrogen (secondary N) is 1. The number of amides is 2. The van der Waals surface area contributed by atoms with Gasteiger partial charge in [0.15, 0.2) is 0 Å². The van der Waals surface area contributed by atoms with Crippen molar-refractivity contribution in [1.29, 1.82) is 0 Å². The molecular weight excluding hydrogens is 216 g/mol. The van der Waals surface area contributed by atoms with Gasteiger partial charge in [0.05, 0.1) is 6.61 Å². The molecule has 4 heteroatoms. The largest absolute Gasteiger partial charge is 0.381 e. The fraction of sp³-hybridized carbons (Fsp3) is 0.923. The average molecular weight is 240 g/mol. The van der Waals surface area contributed by atoms with Gasteiger partial charge in [-0.05, 0) is 37.5 Å². The average Bonchev–Trinajstić information content (AvgIpc) is 2.37. The van der Waals surface area contributed by atoms with Crippen molar-refractivity contribution in [2.24, 2.45) is 11.8 Å². The zero-order valence-corrected chi connectivity index (χ0v) is 10.8. The topological polar surface area (TPSA) is 41.6 Å². The second-order valence-corrected chi connectivity index (χ2v) is 5.46. The van der Waals surface area contributed by atoms with Crippen molar-refractivity contribution < 1.29 is 9.53 Å². The molecule has 0 saturated carbocycles. The van der Waals surface area contributed by atoms with Crippen LogP contribution in [-0.2, 0) is 4.74 Å². The molecule has 2 heterocycles. The van der Waals surface area contributed by atoms with Crippen LogP contribution < -0.4 is 5.32 Å². The third kappa shape index (κ3) is 3.87. The highest BCUT2D eigenvalue weighted by atomic mass is 16.5. The predicted octanol–water partition coefficient (Wildman–Crippen LogP) is 1.85. The van der Waals surface area contributed by atoms with Crippen LogP contribution in [0.2, 0.25) is 0 Å². The number of nitrogens with zero attached hydrogens (tertiary/aromatic N) is 1. The summed E-state index contributed by atoms with van der Waals surface area (Å²) in [6.45, 7) is 6.49. The molecule has 2 saturated heterocycles. The van der Waals surface area contributed by atoms with Crippen LogP contribution in [0, 0.1) is 11.8 Å². The zero-order valence-electron chi connectivity index (χ0n) is 10.8. The van der Waals surface area contributed by atoms with Crippen LogP contribution in [-0.4, -0.2) is 43.8 Å². The molecule has 17 heavy (non-hydrogen) atoms. The molecule has 0 aromatic rings. The molecule has 2 fully saturated rings. The van der Waals surface area contributed by atoms with Gasteiger partial charge >= 0.3 is 6.03 Å². The number of likely N-dealkylation sites (tertiary alicyclic amines) is 1. The molecular formula is C13H24N2O2. The third-order valence-electron chi connectivity index (χ3n) is 3.74. The lowest BCUT2D eigenvalue weighted by Crippen LogP contribution is -2.46. The van der Waals surface area contributed by atoms with E-state index in [-0.39, 0.29) is 6.03 Å². The van der Waals surface area contributed by atoms with E-state index < -0.39 is 0 Å². The number of carbonyl (C=O) groups excluding carboxylic acids is 1. The number of carbonyl (C=O) groups is 1. The van der Waals surface area contributed by atoms with Crippen LogP contribution in [0.1, 0.15) is 32.6 Å². The molecule has 4 nitrogen and oxygen atoms in total. The van der Waals surface area contributed by atoms with Gasteiger partial charge in [0, 0.05) is 26.2 Å². The highest BCUT2D eigenvalue weighted by Crippen LogP contribution is 2.16. The lowest BCUT2D eigenvalue weighted by atomic mass is 10.0. The van der Waals surface area contributed by atoms with Gasteiger partial charge in [-0.3, -0.25) is 0 Å². The summed E-state index contributed by atoms with van der Waals surface area (Å²) in [7, 11) is 0. The molecule has 0 radical (unpaired) electrons. The van der Waals surface area contributed by atoms with Gasteiger partial charge in [0.1, 0.15) is 0 Å². The number of rotatable bonds is 2. The van der Waals surface area contributed by atoms with Crippen molar-refractivity contribution >= 4 is 6.03 Å². The normalized spacial score (nSPS) is 30.1. The lowest BCUT2D eigenvalue weighted by molar-refractivity contribution is 0.0549. The quantitative estimate of drug-likeness (QED) is 0.800. The molecule has 0 aliphatic carbocycles. The Labute approximate surface area is 104 Å². The molecule has 0 aromatic carbocycles. The van der Waals surface area contributed by atoms with Gasteiger partial charge in [-0.15, -0.1) is 0 Å². The van der Waals surface area contributed by atoms with E-state index in [9.17, 15) is 4.79 Å². The lowest BCUT2D eigenvalue weighted by Gasteiger charge is -2.31. The van der Waals surface area contributed by atoms with Crippen molar-refractivity contribution in [2.45, 2.75) is 32.6 Å². The van der Waals surface area contributed by atoms with Crippen LogP contribution in [0.3, 0.4) is 0 Å². The Bertz CT molecular complexity index is 252. The van der Waals surface area contributed by atoms with E-state index in [1.807, 2.05) is 4.90 Å². The molecule has 1 N–H and O–H groups in total. The molecule has 2 amide bonds. The van der Waals surface area contributed by atoms with Crippen molar-refractivity contribution in [2.75, 3.05) is 32.8 Å². The second-order valence-electron chi connectivity index (χ2n) is 5.46. The number of hydrogen-bond donors (Lipinski definition) is 1. The predicted molar refractivity (Wildman–Crippen MR) is 66.9 cm³/mol. The fourth-order valence-corrected chi connectivity index (χ4v) is 2.69. The zero-order chi connectivity index (χ0) is 12.1. The van der Waals surface area contributed by atoms with E-state index in [1.54, 1.807) is 0 Å². The second kappa shape index (κ2) is 6.24. The Morgan fingerprint density at radius 2 is 2.29 bits per heavy atom. The molecule has 2 unspecified atom stereocenters. The van der Waals surface area contributed by atoms with E-state index in [2.05, 4.69) is 12.2 Å². The Morgan fingerprint density at radius 3 is 3.00 bits per heavy atom. The molecule has 0 aromatic heterocycles. The van der Waals surface area contributed by atoms with Gasteiger partial charge in [-0.2, -0.15) is 0 Å². The summed E-state index contributed by atoms with van der Waals surface area (Å²) in [5.41, 5.74) is 0. The summed E-state index contributed by atoms with van der Waals surface area (Å²) in [5.74, 6) is 1.16. The first kappa shape index (κ1) is 12.7. The molecule has 2 rings (SSSR count). The maximum atomic E-state index is 12.0.